The predicted molar refractivity (Wildman–Crippen MR) is 85.3 cm³/mol. The Morgan fingerprint density at radius 1 is 1.43 bits per heavy atom. The smallest absolute Gasteiger partial charge is 0.227 e. The van der Waals surface area contributed by atoms with Crippen molar-refractivity contribution < 1.29 is 13.2 Å². The number of sulfone groups is 1. The SMILES string of the molecule is CCCC(=O)N(c1ccc(C)c(Cl)c1)[C@@H]1C=CS(=O)(=O)C1. The van der Waals surface area contributed by atoms with Crippen LogP contribution >= 0.6 is 11.6 Å². The summed E-state index contributed by atoms with van der Waals surface area (Å²) in [4.78, 5) is 13.9. The lowest BCUT2D eigenvalue weighted by molar-refractivity contribution is -0.118. The topological polar surface area (TPSA) is 54.5 Å². The number of carbonyl (C=O) groups is 1. The minimum atomic E-state index is -3.22. The molecule has 1 heterocycles. The molecular formula is C15H18ClNO3S. The summed E-state index contributed by atoms with van der Waals surface area (Å²) in [5, 5.41) is 1.74. The second-order valence-corrected chi connectivity index (χ2v) is 7.51. The van der Waals surface area contributed by atoms with E-state index in [2.05, 4.69) is 0 Å². The molecule has 0 unspecified atom stereocenters. The molecule has 2 rings (SSSR count). The molecule has 1 aliphatic heterocycles. The van der Waals surface area contributed by atoms with Gasteiger partial charge >= 0.3 is 0 Å². The van der Waals surface area contributed by atoms with Crippen molar-refractivity contribution in [3.63, 3.8) is 0 Å². The Balaban J connectivity index is 2.39. The van der Waals surface area contributed by atoms with E-state index in [-0.39, 0.29) is 11.7 Å². The molecule has 21 heavy (non-hydrogen) atoms. The van der Waals surface area contributed by atoms with Gasteiger partial charge in [-0.05, 0) is 37.1 Å². The Labute approximate surface area is 130 Å². The van der Waals surface area contributed by atoms with Gasteiger partial charge in [0.25, 0.3) is 0 Å². The van der Waals surface area contributed by atoms with Crippen molar-refractivity contribution in [1.29, 1.82) is 0 Å². The van der Waals surface area contributed by atoms with Crippen molar-refractivity contribution in [2.45, 2.75) is 32.7 Å². The van der Waals surface area contributed by atoms with Crippen molar-refractivity contribution in [3.8, 4) is 0 Å². The van der Waals surface area contributed by atoms with Crippen molar-refractivity contribution in [2.24, 2.45) is 0 Å². The van der Waals surface area contributed by atoms with Crippen LogP contribution in [0.1, 0.15) is 25.3 Å². The molecule has 6 heteroatoms. The molecule has 4 nitrogen and oxygen atoms in total. The maximum Gasteiger partial charge on any atom is 0.227 e. The number of hydrogen-bond donors (Lipinski definition) is 0. The first kappa shape index (κ1) is 16.0. The maximum absolute atomic E-state index is 12.4. The Bertz CT molecular complexity index is 682. The quantitative estimate of drug-likeness (QED) is 0.854. The van der Waals surface area contributed by atoms with E-state index in [1.54, 1.807) is 18.2 Å². The molecule has 0 radical (unpaired) electrons. The molecule has 114 valence electrons. The van der Waals surface area contributed by atoms with Gasteiger partial charge in [-0.2, -0.15) is 0 Å². The first-order chi connectivity index (χ1) is 9.84. The number of benzene rings is 1. The number of anilines is 1. The highest BCUT2D eigenvalue weighted by molar-refractivity contribution is 7.94. The van der Waals surface area contributed by atoms with Crippen LogP contribution in [0.5, 0.6) is 0 Å². The zero-order valence-corrected chi connectivity index (χ0v) is 13.6. The molecule has 1 aromatic rings. The largest absolute Gasteiger partial charge is 0.304 e. The Morgan fingerprint density at radius 2 is 2.14 bits per heavy atom. The molecular weight excluding hydrogens is 310 g/mol. The molecule has 0 bridgehead atoms. The first-order valence-electron chi connectivity index (χ1n) is 6.83. The molecule has 1 aromatic carbocycles. The summed E-state index contributed by atoms with van der Waals surface area (Å²) < 4.78 is 23.3. The summed E-state index contributed by atoms with van der Waals surface area (Å²) in [6.45, 7) is 3.80. The van der Waals surface area contributed by atoms with Gasteiger partial charge in [0, 0.05) is 22.5 Å². The van der Waals surface area contributed by atoms with E-state index in [1.165, 1.54) is 10.3 Å². The number of amides is 1. The van der Waals surface area contributed by atoms with Gasteiger partial charge in [-0.3, -0.25) is 4.79 Å². The van der Waals surface area contributed by atoms with Crippen molar-refractivity contribution in [1.82, 2.24) is 0 Å². The summed E-state index contributed by atoms with van der Waals surface area (Å²) in [6, 6.07) is 4.88. The molecule has 1 atom stereocenters. The number of rotatable bonds is 4. The fraction of sp³-hybridized carbons (Fsp3) is 0.400. The van der Waals surface area contributed by atoms with Crippen molar-refractivity contribution >= 4 is 33.0 Å². The normalized spacial score (nSPS) is 19.7. The lowest BCUT2D eigenvalue weighted by Crippen LogP contribution is -2.41. The van der Waals surface area contributed by atoms with Crippen LogP contribution in [-0.2, 0) is 14.6 Å². The predicted octanol–water partition coefficient (Wildman–Crippen LogP) is 3.09. The number of nitrogens with zero attached hydrogens (tertiary/aromatic N) is 1. The summed E-state index contributed by atoms with van der Waals surface area (Å²) in [5.74, 6) is -0.169. The maximum atomic E-state index is 12.4. The molecule has 0 aliphatic carbocycles. The highest BCUT2D eigenvalue weighted by atomic mass is 35.5. The standard InChI is InChI=1S/C15H18ClNO3S/c1-3-4-15(18)17(13-7-8-21(19,20)10-13)12-6-5-11(2)14(16)9-12/h5-9,13H,3-4,10H2,1-2H3/t13-/m1/s1. The van der Waals surface area contributed by atoms with Crippen LogP contribution in [0.15, 0.2) is 29.7 Å². The summed E-state index contributed by atoms with van der Waals surface area (Å²) >= 11 is 6.13. The zero-order valence-electron chi connectivity index (χ0n) is 12.0. The molecule has 0 spiro atoms. The van der Waals surface area contributed by atoms with Gasteiger partial charge < -0.3 is 4.90 Å². The number of aryl methyl sites for hydroxylation is 1. The van der Waals surface area contributed by atoms with Crippen LogP contribution in [0.4, 0.5) is 5.69 Å². The first-order valence-corrected chi connectivity index (χ1v) is 8.92. The average molecular weight is 328 g/mol. The third kappa shape index (κ3) is 3.66. The molecule has 0 N–H and O–H groups in total. The van der Waals surface area contributed by atoms with Gasteiger partial charge in [0.1, 0.15) is 0 Å². The van der Waals surface area contributed by atoms with Crippen LogP contribution in [-0.4, -0.2) is 26.1 Å². The molecule has 1 aliphatic rings. The van der Waals surface area contributed by atoms with E-state index in [0.717, 1.165) is 5.56 Å². The second-order valence-electron chi connectivity index (χ2n) is 5.17. The summed E-state index contributed by atoms with van der Waals surface area (Å²) in [7, 11) is -3.22. The van der Waals surface area contributed by atoms with Crippen LogP contribution in [0.3, 0.4) is 0 Å². The highest BCUT2D eigenvalue weighted by Crippen LogP contribution is 2.28. The van der Waals surface area contributed by atoms with Gasteiger partial charge in [0.05, 0.1) is 11.8 Å². The van der Waals surface area contributed by atoms with Gasteiger partial charge in [0.15, 0.2) is 9.84 Å². The highest BCUT2D eigenvalue weighted by Gasteiger charge is 2.31. The molecule has 0 saturated carbocycles. The number of hydrogen-bond acceptors (Lipinski definition) is 3. The molecule has 0 saturated heterocycles. The monoisotopic (exact) mass is 327 g/mol. The third-order valence-corrected chi connectivity index (χ3v) is 5.19. The molecule has 0 fully saturated rings. The van der Waals surface area contributed by atoms with E-state index < -0.39 is 15.9 Å². The van der Waals surface area contributed by atoms with Gasteiger partial charge in [-0.25, -0.2) is 8.42 Å². The average Bonchev–Trinajstić information content (AvgIpc) is 2.74. The lowest BCUT2D eigenvalue weighted by Gasteiger charge is -2.28. The zero-order chi connectivity index (χ0) is 15.6. The Hall–Kier alpha value is -1.33. The minimum Gasteiger partial charge on any atom is -0.304 e. The lowest BCUT2D eigenvalue weighted by atomic mass is 10.1. The van der Waals surface area contributed by atoms with Crippen molar-refractivity contribution in [2.75, 3.05) is 10.7 Å². The Kier molecular flexibility index (Phi) is 4.74. The van der Waals surface area contributed by atoms with Crippen LogP contribution in [0, 0.1) is 6.92 Å². The fourth-order valence-corrected chi connectivity index (χ4v) is 3.75. The number of halogens is 1. The van der Waals surface area contributed by atoms with Gasteiger partial charge in [-0.15, -0.1) is 0 Å². The van der Waals surface area contributed by atoms with Crippen LogP contribution in [0.2, 0.25) is 5.02 Å². The second kappa shape index (κ2) is 6.20. The summed E-state index contributed by atoms with van der Waals surface area (Å²) in [6.07, 6.45) is 2.64. The Morgan fingerprint density at radius 3 is 2.67 bits per heavy atom. The number of carbonyl (C=O) groups excluding carboxylic acids is 1. The summed E-state index contributed by atoms with van der Waals surface area (Å²) in [5.41, 5.74) is 1.55. The van der Waals surface area contributed by atoms with Gasteiger partial charge in [0.2, 0.25) is 5.91 Å². The van der Waals surface area contributed by atoms with E-state index in [9.17, 15) is 13.2 Å². The molecule has 0 aromatic heterocycles. The van der Waals surface area contributed by atoms with E-state index in [0.29, 0.717) is 23.6 Å². The van der Waals surface area contributed by atoms with Gasteiger partial charge in [-0.1, -0.05) is 24.6 Å². The van der Waals surface area contributed by atoms with Crippen LogP contribution < -0.4 is 4.90 Å². The van der Waals surface area contributed by atoms with E-state index in [1.807, 2.05) is 19.9 Å². The fourth-order valence-electron chi connectivity index (χ4n) is 2.31. The van der Waals surface area contributed by atoms with Crippen LogP contribution in [0.25, 0.3) is 0 Å². The van der Waals surface area contributed by atoms with E-state index in [4.69, 9.17) is 11.6 Å². The minimum absolute atomic E-state index is 0.0754. The van der Waals surface area contributed by atoms with Crippen molar-refractivity contribution in [3.05, 3.63) is 40.3 Å². The third-order valence-electron chi connectivity index (χ3n) is 3.41. The van der Waals surface area contributed by atoms with E-state index >= 15 is 0 Å². The molecule has 1 amide bonds.